The van der Waals surface area contributed by atoms with E-state index in [0.717, 1.165) is 30.3 Å². The van der Waals surface area contributed by atoms with Crippen molar-refractivity contribution in [2.45, 2.75) is 45.7 Å². The first-order valence-corrected chi connectivity index (χ1v) is 8.09. The first-order valence-electron chi connectivity index (χ1n) is 7.21. The van der Waals surface area contributed by atoms with E-state index in [1.165, 1.54) is 0 Å². The van der Waals surface area contributed by atoms with E-state index >= 15 is 0 Å². The van der Waals surface area contributed by atoms with Crippen LogP contribution in [0, 0.1) is 0 Å². The molecule has 1 aliphatic heterocycles. The first-order chi connectivity index (χ1) is 9.46. The summed E-state index contributed by atoms with van der Waals surface area (Å²) >= 11 is 1.62. The van der Waals surface area contributed by atoms with Crippen molar-refractivity contribution >= 4 is 22.4 Å². The quantitative estimate of drug-likeness (QED) is 0.871. The molecule has 20 heavy (non-hydrogen) atoms. The summed E-state index contributed by atoms with van der Waals surface area (Å²) in [6, 6.07) is 0.252. The predicted molar refractivity (Wildman–Crippen MR) is 83.3 cm³/mol. The maximum absolute atomic E-state index is 12.0. The Morgan fingerprint density at radius 3 is 3.05 bits per heavy atom. The number of thiazole rings is 1. The highest BCUT2D eigenvalue weighted by molar-refractivity contribution is 7.13. The summed E-state index contributed by atoms with van der Waals surface area (Å²) in [5.41, 5.74) is 0.522. The molecule has 0 saturated carbocycles. The third-order valence-electron chi connectivity index (χ3n) is 3.74. The van der Waals surface area contributed by atoms with Crippen LogP contribution in [0.3, 0.4) is 0 Å². The standard InChI is InChI=1S/C14H24N4OS/c1-5-6-15-10(2)11-9-20-13(17-11)18-8-7-16-12(19)14(18,3)4/h9-10,15H,5-8H2,1-4H3,(H,16,19). The van der Waals surface area contributed by atoms with Gasteiger partial charge >= 0.3 is 0 Å². The highest BCUT2D eigenvalue weighted by atomic mass is 32.1. The van der Waals surface area contributed by atoms with Gasteiger partial charge in [0.1, 0.15) is 5.54 Å². The van der Waals surface area contributed by atoms with E-state index in [2.05, 4.69) is 34.8 Å². The van der Waals surface area contributed by atoms with Gasteiger partial charge in [-0.1, -0.05) is 6.92 Å². The number of rotatable bonds is 5. The Balaban J connectivity index is 2.13. The molecule has 112 valence electrons. The zero-order chi connectivity index (χ0) is 14.8. The molecule has 0 radical (unpaired) electrons. The summed E-state index contributed by atoms with van der Waals surface area (Å²) in [4.78, 5) is 18.8. The molecule has 2 heterocycles. The summed E-state index contributed by atoms with van der Waals surface area (Å²) in [6.45, 7) is 10.7. The van der Waals surface area contributed by atoms with E-state index in [4.69, 9.17) is 4.98 Å². The topological polar surface area (TPSA) is 57.3 Å². The van der Waals surface area contributed by atoms with E-state index in [-0.39, 0.29) is 11.9 Å². The molecule has 2 rings (SSSR count). The molecular weight excluding hydrogens is 272 g/mol. The van der Waals surface area contributed by atoms with E-state index < -0.39 is 5.54 Å². The van der Waals surface area contributed by atoms with E-state index in [0.29, 0.717) is 6.54 Å². The summed E-state index contributed by atoms with van der Waals surface area (Å²) in [7, 11) is 0. The number of nitrogens with zero attached hydrogens (tertiary/aromatic N) is 2. The van der Waals surface area contributed by atoms with Gasteiger partial charge in [-0.05, 0) is 33.7 Å². The molecule has 0 bridgehead atoms. The van der Waals surface area contributed by atoms with E-state index in [9.17, 15) is 4.79 Å². The van der Waals surface area contributed by atoms with Gasteiger partial charge < -0.3 is 15.5 Å². The second-order valence-electron chi connectivity index (χ2n) is 5.70. The molecule has 1 fully saturated rings. The lowest BCUT2D eigenvalue weighted by Gasteiger charge is -2.41. The third kappa shape index (κ3) is 2.96. The Morgan fingerprint density at radius 2 is 2.35 bits per heavy atom. The Morgan fingerprint density at radius 1 is 1.60 bits per heavy atom. The monoisotopic (exact) mass is 296 g/mol. The minimum Gasteiger partial charge on any atom is -0.352 e. The SMILES string of the molecule is CCCNC(C)c1csc(N2CCNC(=O)C2(C)C)n1. The zero-order valence-corrected chi connectivity index (χ0v) is 13.5. The molecule has 0 aromatic carbocycles. The van der Waals surface area contributed by atoms with E-state index in [1.807, 2.05) is 13.8 Å². The largest absolute Gasteiger partial charge is 0.352 e. The molecule has 1 amide bonds. The molecule has 5 nitrogen and oxygen atoms in total. The molecule has 1 aromatic rings. The fraction of sp³-hybridized carbons (Fsp3) is 0.714. The van der Waals surface area contributed by atoms with Gasteiger partial charge in [0.15, 0.2) is 5.13 Å². The number of nitrogens with one attached hydrogen (secondary N) is 2. The molecule has 0 spiro atoms. The minimum atomic E-state index is -0.534. The lowest BCUT2D eigenvalue weighted by molar-refractivity contribution is -0.126. The second kappa shape index (κ2) is 6.10. The van der Waals surface area contributed by atoms with Crippen molar-refractivity contribution in [1.82, 2.24) is 15.6 Å². The van der Waals surface area contributed by atoms with Gasteiger partial charge in [-0.25, -0.2) is 4.98 Å². The molecule has 0 aliphatic carbocycles. The van der Waals surface area contributed by atoms with Crippen molar-refractivity contribution in [1.29, 1.82) is 0 Å². The van der Waals surface area contributed by atoms with Gasteiger partial charge in [-0.15, -0.1) is 11.3 Å². The number of piperazine rings is 1. The molecule has 1 aliphatic rings. The highest BCUT2D eigenvalue weighted by Crippen LogP contribution is 2.30. The van der Waals surface area contributed by atoms with Crippen LogP contribution in [-0.2, 0) is 4.79 Å². The van der Waals surface area contributed by atoms with Crippen LogP contribution in [0.4, 0.5) is 5.13 Å². The molecule has 6 heteroatoms. The Kier molecular flexibility index (Phi) is 4.65. The Bertz CT molecular complexity index is 471. The number of carbonyl (C=O) groups excluding carboxylic acids is 1. The average Bonchev–Trinajstić information content (AvgIpc) is 2.88. The average molecular weight is 296 g/mol. The number of aromatic nitrogens is 1. The Labute approximate surface area is 124 Å². The van der Waals surface area contributed by atoms with Crippen LogP contribution >= 0.6 is 11.3 Å². The second-order valence-corrected chi connectivity index (χ2v) is 6.53. The molecule has 1 unspecified atom stereocenters. The third-order valence-corrected chi connectivity index (χ3v) is 4.62. The normalized spacial score (nSPS) is 19.8. The van der Waals surface area contributed by atoms with Crippen LogP contribution in [0.15, 0.2) is 5.38 Å². The van der Waals surface area contributed by atoms with Crippen molar-refractivity contribution in [3.8, 4) is 0 Å². The fourth-order valence-corrected chi connectivity index (χ4v) is 3.39. The lowest BCUT2D eigenvalue weighted by atomic mass is 10.00. The van der Waals surface area contributed by atoms with Gasteiger partial charge in [-0.2, -0.15) is 0 Å². The number of hydrogen-bond donors (Lipinski definition) is 2. The van der Waals surface area contributed by atoms with Crippen LogP contribution in [0.25, 0.3) is 0 Å². The predicted octanol–water partition coefficient (Wildman–Crippen LogP) is 1.92. The van der Waals surface area contributed by atoms with Crippen LogP contribution in [0.1, 0.15) is 45.9 Å². The van der Waals surface area contributed by atoms with Gasteiger partial charge in [0.2, 0.25) is 5.91 Å². The zero-order valence-electron chi connectivity index (χ0n) is 12.7. The molecule has 1 saturated heterocycles. The molecule has 2 N–H and O–H groups in total. The number of hydrogen-bond acceptors (Lipinski definition) is 5. The van der Waals surface area contributed by atoms with Crippen molar-refractivity contribution in [3.63, 3.8) is 0 Å². The highest BCUT2D eigenvalue weighted by Gasteiger charge is 2.39. The van der Waals surface area contributed by atoms with Gasteiger partial charge in [-0.3, -0.25) is 4.79 Å². The number of anilines is 1. The van der Waals surface area contributed by atoms with Gasteiger partial charge in [0.25, 0.3) is 0 Å². The van der Waals surface area contributed by atoms with Crippen molar-refractivity contribution in [2.24, 2.45) is 0 Å². The van der Waals surface area contributed by atoms with E-state index in [1.54, 1.807) is 11.3 Å². The first kappa shape index (κ1) is 15.3. The van der Waals surface area contributed by atoms with Crippen LogP contribution in [0.2, 0.25) is 0 Å². The van der Waals surface area contributed by atoms with Crippen molar-refractivity contribution in [2.75, 3.05) is 24.5 Å². The van der Waals surface area contributed by atoms with Gasteiger partial charge in [0.05, 0.1) is 5.69 Å². The summed E-state index contributed by atoms with van der Waals surface area (Å²) in [6.07, 6.45) is 1.11. The smallest absolute Gasteiger partial charge is 0.245 e. The van der Waals surface area contributed by atoms with Crippen molar-refractivity contribution in [3.05, 3.63) is 11.1 Å². The Hall–Kier alpha value is -1.14. The number of amides is 1. The molecule has 1 atom stereocenters. The maximum Gasteiger partial charge on any atom is 0.245 e. The lowest BCUT2D eigenvalue weighted by Crippen LogP contribution is -2.62. The van der Waals surface area contributed by atoms with Crippen molar-refractivity contribution < 1.29 is 4.79 Å². The minimum absolute atomic E-state index is 0.0673. The van der Waals surface area contributed by atoms with Gasteiger partial charge in [0, 0.05) is 24.5 Å². The van der Waals surface area contributed by atoms with Crippen LogP contribution in [-0.4, -0.2) is 36.1 Å². The van der Waals surface area contributed by atoms with Crippen LogP contribution in [0.5, 0.6) is 0 Å². The summed E-state index contributed by atoms with van der Waals surface area (Å²) in [5, 5.41) is 9.38. The maximum atomic E-state index is 12.0. The van der Waals surface area contributed by atoms with Crippen LogP contribution < -0.4 is 15.5 Å². The number of carbonyl (C=O) groups is 1. The molecule has 1 aromatic heterocycles. The fourth-order valence-electron chi connectivity index (χ4n) is 2.30. The summed E-state index contributed by atoms with van der Waals surface area (Å²) < 4.78 is 0. The summed E-state index contributed by atoms with van der Waals surface area (Å²) in [5.74, 6) is 0.0673. The molecular formula is C14H24N4OS.